The summed E-state index contributed by atoms with van der Waals surface area (Å²) in [5, 5.41) is 3.05. The van der Waals surface area contributed by atoms with Gasteiger partial charge < -0.3 is 15.0 Å². The Morgan fingerprint density at radius 3 is 2.24 bits per heavy atom. The summed E-state index contributed by atoms with van der Waals surface area (Å²) in [5.74, 6) is -0.246. The Morgan fingerprint density at radius 1 is 1.07 bits per heavy atom. The molecule has 0 aliphatic carbocycles. The van der Waals surface area contributed by atoms with Crippen LogP contribution in [0.15, 0.2) is 59.5 Å². The summed E-state index contributed by atoms with van der Waals surface area (Å²) >= 11 is 0. The Morgan fingerprint density at radius 2 is 1.69 bits per heavy atom. The number of carbonyl (C=O) groups is 1. The molecule has 0 fully saturated rings. The van der Waals surface area contributed by atoms with Crippen LogP contribution in [0.5, 0.6) is 0 Å². The second-order valence-electron chi connectivity index (χ2n) is 7.35. The summed E-state index contributed by atoms with van der Waals surface area (Å²) in [5.41, 5.74) is 1.43. The van der Waals surface area contributed by atoms with Crippen molar-refractivity contribution in [3.8, 4) is 0 Å². The molecule has 0 aromatic heterocycles. The van der Waals surface area contributed by atoms with Crippen LogP contribution in [0.4, 0.5) is 0 Å². The zero-order valence-electron chi connectivity index (χ0n) is 17.3. The summed E-state index contributed by atoms with van der Waals surface area (Å²) in [6.07, 6.45) is 0. The van der Waals surface area contributed by atoms with Crippen molar-refractivity contribution in [3.05, 3.63) is 65.7 Å². The molecule has 158 valence electrons. The minimum atomic E-state index is -3.67. The van der Waals surface area contributed by atoms with Crippen LogP contribution < -0.4 is 14.9 Å². The van der Waals surface area contributed by atoms with Crippen molar-refractivity contribution in [2.75, 3.05) is 34.4 Å². The van der Waals surface area contributed by atoms with E-state index in [1.165, 1.54) is 36.3 Å². The van der Waals surface area contributed by atoms with Crippen LogP contribution in [0.2, 0.25) is 0 Å². The summed E-state index contributed by atoms with van der Waals surface area (Å²) in [6, 6.07) is 15.2. The van der Waals surface area contributed by atoms with Gasteiger partial charge in [-0.25, -0.2) is 13.1 Å². The highest BCUT2D eigenvalue weighted by Crippen LogP contribution is 2.14. The maximum absolute atomic E-state index is 12.7. The number of likely N-dealkylation sites (N-methyl/N-ethyl adjacent to an activating group) is 1. The maximum Gasteiger partial charge on any atom is 0.251 e. The molecule has 0 aliphatic rings. The number of rotatable bonds is 10. The van der Waals surface area contributed by atoms with Gasteiger partial charge in [-0.15, -0.1) is 0 Å². The van der Waals surface area contributed by atoms with Crippen LogP contribution in [0, 0.1) is 0 Å². The molecule has 0 heterocycles. The van der Waals surface area contributed by atoms with Gasteiger partial charge in [-0.1, -0.05) is 30.3 Å². The van der Waals surface area contributed by atoms with E-state index in [2.05, 4.69) is 10.0 Å². The average molecular weight is 421 g/mol. The van der Waals surface area contributed by atoms with Crippen LogP contribution >= 0.6 is 0 Å². The Labute approximate surface area is 173 Å². The Kier molecular flexibility index (Phi) is 8.33. The summed E-state index contributed by atoms with van der Waals surface area (Å²) in [4.78, 5) is 14.0. The lowest BCUT2D eigenvalue weighted by Crippen LogP contribution is -3.06. The molecular weight excluding hydrogens is 390 g/mol. The molecule has 29 heavy (non-hydrogen) atoms. The van der Waals surface area contributed by atoms with Gasteiger partial charge in [-0.3, -0.25) is 4.79 Å². The van der Waals surface area contributed by atoms with E-state index < -0.39 is 10.0 Å². The van der Waals surface area contributed by atoms with E-state index in [0.29, 0.717) is 5.56 Å². The van der Waals surface area contributed by atoms with Crippen molar-refractivity contribution in [1.82, 2.24) is 10.0 Å². The van der Waals surface area contributed by atoms with Crippen molar-refractivity contribution in [2.45, 2.75) is 23.9 Å². The smallest absolute Gasteiger partial charge is 0.251 e. The van der Waals surface area contributed by atoms with Gasteiger partial charge in [0, 0.05) is 18.7 Å². The number of hydrogen-bond donors (Lipinski definition) is 3. The summed E-state index contributed by atoms with van der Waals surface area (Å²) in [6.45, 7) is 2.72. The Hall–Kier alpha value is -2.26. The topological polar surface area (TPSA) is 88.9 Å². The standard InChI is InChI=1S/C21H29N3O4S/c1-16(15-28-4)23-29(26,27)19-12-10-18(11-13-19)21(25)22-20(14-24(2)3)17-8-6-5-7-9-17/h5-13,16,20,23H,14-15H2,1-4H3,(H,22,25)/p+1/t16-,20+/m1/s1. The molecule has 0 aliphatic heterocycles. The molecule has 0 spiro atoms. The Balaban J connectivity index is 2.12. The van der Waals surface area contributed by atoms with Gasteiger partial charge in [-0.05, 0) is 36.8 Å². The highest BCUT2D eigenvalue weighted by molar-refractivity contribution is 7.89. The van der Waals surface area contributed by atoms with E-state index in [-0.39, 0.29) is 29.5 Å². The number of sulfonamides is 1. The van der Waals surface area contributed by atoms with Crippen LogP contribution in [-0.4, -0.2) is 54.7 Å². The zero-order chi connectivity index (χ0) is 21.4. The highest BCUT2D eigenvalue weighted by Gasteiger charge is 2.20. The number of benzene rings is 2. The molecule has 3 N–H and O–H groups in total. The maximum atomic E-state index is 12.7. The van der Waals surface area contributed by atoms with Gasteiger partial charge in [0.1, 0.15) is 12.6 Å². The van der Waals surface area contributed by atoms with Crippen LogP contribution in [0.3, 0.4) is 0 Å². The fourth-order valence-corrected chi connectivity index (χ4v) is 4.22. The molecule has 2 aromatic carbocycles. The molecule has 0 saturated carbocycles. The predicted molar refractivity (Wildman–Crippen MR) is 112 cm³/mol. The van der Waals surface area contributed by atoms with Gasteiger partial charge in [0.05, 0.1) is 25.6 Å². The van der Waals surface area contributed by atoms with Gasteiger partial charge in [0.2, 0.25) is 10.0 Å². The minimum absolute atomic E-state index is 0.106. The fraction of sp³-hybridized carbons (Fsp3) is 0.381. The quantitative estimate of drug-likeness (QED) is 0.526. The Bertz CT molecular complexity index is 884. The van der Waals surface area contributed by atoms with Gasteiger partial charge >= 0.3 is 0 Å². The number of carbonyl (C=O) groups excluding carboxylic acids is 1. The molecule has 7 nitrogen and oxygen atoms in total. The molecule has 1 amide bonds. The lowest BCUT2D eigenvalue weighted by atomic mass is 10.1. The van der Waals surface area contributed by atoms with E-state index in [1.54, 1.807) is 6.92 Å². The molecule has 0 unspecified atom stereocenters. The average Bonchev–Trinajstić information content (AvgIpc) is 2.67. The van der Waals surface area contributed by atoms with Crippen LogP contribution in [-0.2, 0) is 14.8 Å². The normalized spacial score (nSPS) is 13.8. The number of ether oxygens (including phenoxy) is 1. The second-order valence-corrected chi connectivity index (χ2v) is 9.06. The largest absolute Gasteiger partial charge is 0.383 e. The molecule has 2 atom stereocenters. The van der Waals surface area contributed by atoms with E-state index in [9.17, 15) is 13.2 Å². The van der Waals surface area contributed by atoms with Crippen LogP contribution in [0.1, 0.15) is 28.9 Å². The number of hydrogen-bond acceptors (Lipinski definition) is 4. The first kappa shape index (κ1) is 23.0. The lowest BCUT2D eigenvalue weighted by molar-refractivity contribution is -0.860. The number of nitrogens with one attached hydrogen (secondary N) is 3. The fourth-order valence-electron chi connectivity index (χ4n) is 2.99. The lowest BCUT2D eigenvalue weighted by Gasteiger charge is -2.21. The van der Waals surface area contributed by atoms with E-state index in [0.717, 1.165) is 12.1 Å². The van der Waals surface area contributed by atoms with E-state index in [1.807, 2.05) is 44.4 Å². The van der Waals surface area contributed by atoms with E-state index >= 15 is 0 Å². The summed E-state index contributed by atoms with van der Waals surface area (Å²) in [7, 11) is 1.90. The van der Waals surface area contributed by atoms with Crippen molar-refractivity contribution in [1.29, 1.82) is 0 Å². The SMILES string of the molecule is COC[C@@H](C)NS(=O)(=O)c1ccc(C(=O)N[C@@H](C[NH+](C)C)c2ccccc2)cc1. The first-order chi connectivity index (χ1) is 13.7. The number of methoxy groups -OCH3 is 1. The van der Waals surface area contributed by atoms with Gasteiger partial charge in [0.25, 0.3) is 5.91 Å². The monoisotopic (exact) mass is 420 g/mol. The van der Waals surface area contributed by atoms with Crippen LogP contribution in [0.25, 0.3) is 0 Å². The first-order valence-electron chi connectivity index (χ1n) is 9.49. The molecule has 0 saturated heterocycles. The predicted octanol–water partition coefficient (Wildman–Crippen LogP) is 0.615. The summed E-state index contributed by atoms with van der Waals surface area (Å²) < 4.78 is 32.3. The molecule has 2 rings (SSSR count). The number of amides is 1. The third-order valence-electron chi connectivity index (χ3n) is 4.32. The molecule has 0 bridgehead atoms. The molecule has 0 radical (unpaired) electrons. The van der Waals surface area contributed by atoms with Crippen molar-refractivity contribution >= 4 is 15.9 Å². The van der Waals surface area contributed by atoms with E-state index in [4.69, 9.17) is 4.74 Å². The van der Waals surface area contributed by atoms with Crippen molar-refractivity contribution in [3.63, 3.8) is 0 Å². The molecule has 8 heteroatoms. The van der Waals surface area contributed by atoms with Gasteiger partial charge in [0.15, 0.2) is 0 Å². The number of quaternary nitrogens is 1. The minimum Gasteiger partial charge on any atom is -0.383 e. The molecular formula is C21H30N3O4S+. The molecule has 2 aromatic rings. The zero-order valence-corrected chi connectivity index (χ0v) is 18.1. The van der Waals surface area contributed by atoms with Crippen molar-refractivity contribution in [2.24, 2.45) is 0 Å². The third kappa shape index (κ3) is 6.93. The second kappa shape index (κ2) is 10.5. The third-order valence-corrected chi connectivity index (χ3v) is 5.92. The van der Waals surface area contributed by atoms with Crippen molar-refractivity contribution < 1.29 is 22.8 Å². The first-order valence-corrected chi connectivity index (χ1v) is 11.0. The van der Waals surface area contributed by atoms with Gasteiger partial charge in [-0.2, -0.15) is 0 Å². The highest BCUT2D eigenvalue weighted by atomic mass is 32.2.